The van der Waals surface area contributed by atoms with E-state index in [1.165, 1.54) is 19.3 Å². The topological polar surface area (TPSA) is 76.4 Å². The summed E-state index contributed by atoms with van der Waals surface area (Å²) in [7, 11) is 0. The molecule has 0 unspecified atom stereocenters. The molecule has 1 saturated carbocycles. The van der Waals surface area contributed by atoms with Crippen LogP contribution in [0.4, 0.5) is 17.1 Å². The maximum atomic E-state index is 11.4. The largest absolute Gasteiger partial charge is 0.482 e. The highest BCUT2D eigenvalue weighted by Crippen LogP contribution is 2.38. The molecule has 1 aromatic carbocycles. The fraction of sp³-hybridized carbons (Fsp3) is 0.533. The molecule has 4 N–H and O–H groups in total. The van der Waals surface area contributed by atoms with Gasteiger partial charge in [0.05, 0.1) is 17.1 Å². The summed E-state index contributed by atoms with van der Waals surface area (Å²) in [4.78, 5) is 11.4. The zero-order valence-corrected chi connectivity index (χ0v) is 11.8. The van der Waals surface area contributed by atoms with Crippen molar-refractivity contribution in [3.8, 4) is 5.75 Å². The summed E-state index contributed by atoms with van der Waals surface area (Å²) in [6.45, 7) is 2.29. The molecule has 0 bridgehead atoms. The first-order chi connectivity index (χ1) is 9.56. The highest BCUT2D eigenvalue weighted by molar-refractivity contribution is 5.97. The van der Waals surface area contributed by atoms with Gasteiger partial charge in [0.1, 0.15) is 5.75 Å². The molecule has 1 aliphatic heterocycles. The Labute approximate surface area is 118 Å². The number of carbonyl (C=O) groups excluding carboxylic acids is 1. The first kappa shape index (κ1) is 13.1. The second-order valence-electron chi connectivity index (χ2n) is 6.02. The Morgan fingerprint density at radius 2 is 2.05 bits per heavy atom. The first-order valence-electron chi connectivity index (χ1n) is 7.20. The highest BCUT2D eigenvalue weighted by Gasteiger charge is 2.28. The standard InChI is InChI=1S/C15H21N3O2/c1-15(5-3-2-4-6-15)18-11-8-12-13(7-10(11)16)20-9-14(19)17-12/h7-8,18H,2-6,9,16H2,1H3,(H,17,19). The molecule has 5 heteroatoms. The summed E-state index contributed by atoms with van der Waals surface area (Å²) >= 11 is 0. The third-order valence-corrected chi connectivity index (χ3v) is 4.18. The molecule has 1 aromatic rings. The molecule has 1 fully saturated rings. The quantitative estimate of drug-likeness (QED) is 0.725. The van der Waals surface area contributed by atoms with Crippen molar-refractivity contribution in [1.82, 2.24) is 0 Å². The number of nitrogens with one attached hydrogen (secondary N) is 2. The summed E-state index contributed by atoms with van der Waals surface area (Å²) in [5.41, 5.74) is 8.41. The van der Waals surface area contributed by atoms with E-state index in [0.29, 0.717) is 17.1 Å². The molecular formula is C15H21N3O2. The maximum absolute atomic E-state index is 11.4. The number of rotatable bonds is 2. The van der Waals surface area contributed by atoms with Gasteiger partial charge in [-0.25, -0.2) is 0 Å². The average molecular weight is 275 g/mol. The van der Waals surface area contributed by atoms with Crippen LogP contribution in [0.15, 0.2) is 12.1 Å². The second kappa shape index (κ2) is 4.89. The lowest BCUT2D eigenvalue weighted by atomic mass is 9.83. The lowest BCUT2D eigenvalue weighted by Crippen LogP contribution is -2.37. The molecule has 20 heavy (non-hydrogen) atoms. The van der Waals surface area contributed by atoms with Gasteiger partial charge in [-0.15, -0.1) is 0 Å². The van der Waals surface area contributed by atoms with E-state index in [9.17, 15) is 4.79 Å². The normalized spacial score (nSPS) is 20.6. The molecule has 0 radical (unpaired) electrons. The molecule has 2 aliphatic rings. The molecule has 1 aliphatic carbocycles. The number of carbonyl (C=O) groups is 1. The van der Waals surface area contributed by atoms with Crippen LogP contribution in [-0.4, -0.2) is 18.1 Å². The molecule has 108 valence electrons. The Hall–Kier alpha value is -1.91. The van der Waals surface area contributed by atoms with E-state index in [2.05, 4.69) is 17.6 Å². The fourth-order valence-corrected chi connectivity index (χ4v) is 3.03. The number of amides is 1. The minimum absolute atomic E-state index is 0.0525. The number of benzene rings is 1. The molecule has 5 nitrogen and oxygen atoms in total. The minimum Gasteiger partial charge on any atom is -0.482 e. The maximum Gasteiger partial charge on any atom is 0.262 e. The summed E-state index contributed by atoms with van der Waals surface area (Å²) in [6, 6.07) is 3.66. The molecular weight excluding hydrogens is 254 g/mol. The molecule has 0 spiro atoms. The van der Waals surface area contributed by atoms with E-state index < -0.39 is 0 Å². The Balaban J connectivity index is 1.86. The lowest BCUT2D eigenvalue weighted by Gasteiger charge is -2.36. The van der Waals surface area contributed by atoms with Crippen molar-refractivity contribution < 1.29 is 9.53 Å². The lowest BCUT2D eigenvalue weighted by molar-refractivity contribution is -0.118. The van der Waals surface area contributed by atoms with Gasteiger partial charge in [-0.3, -0.25) is 4.79 Å². The summed E-state index contributed by atoms with van der Waals surface area (Å²) < 4.78 is 5.37. The summed E-state index contributed by atoms with van der Waals surface area (Å²) in [6.07, 6.45) is 6.09. The summed E-state index contributed by atoms with van der Waals surface area (Å²) in [5, 5.41) is 6.38. The SMILES string of the molecule is CC1(Nc2cc3c(cc2N)OCC(=O)N3)CCCCC1. The van der Waals surface area contributed by atoms with Gasteiger partial charge in [0, 0.05) is 11.6 Å². The molecule has 0 atom stereocenters. The van der Waals surface area contributed by atoms with Crippen molar-refractivity contribution in [2.45, 2.75) is 44.6 Å². The highest BCUT2D eigenvalue weighted by atomic mass is 16.5. The van der Waals surface area contributed by atoms with Crippen LogP contribution in [-0.2, 0) is 4.79 Å². The van der Waals surface area contributed by atoms with Crippen molar-refractivity contribution in [3.05, 3.63) is 12.1 Å². The number of hydrogen-bond donors (Lipinski definition) is 3. The zero-order valence-electron chi connectivity index (χ0n) is 11.8. The number of nitrogens with two attached hydrogens (primary N) is 1. The monoisotopic (exact) mass is 275 g/mol. The number of ether oxygens (including phenoxy) is 1. The fourth-order valence-electron chi connectivity index (χ4n) is 3.03. The van der Waals surface area contributed by atoms with E-state index in [0.717, 1.165) is 18.5 Å². The van der Waals surface area contributed by atoms with Crippen molar-refractivity contribution in [3.63, 3.8) is 0 Å². The van der Waals surface area contributed by atoms with Crippen LogP contribution < -0.4 is 21.1 Å². The van der Waals surface area contributed by atoms with Crippen LogP contribution in [0, 0.1) is 0 Å². The summed E-state index contributed by atoms with van der Waals surface area (Å²) in [5.74, 6) is 0.513. The van der Waals surface area contributed by atoms with Crippen LogP contribution in [0.3, 0.4) is 0 Å². The number of hydrogen-bond acceptors (Lipinski definition) is 4. The number of fused-ring (bicyclic) bond motifs is 1. The minimum atomic E-state index is -0.128. The van der Waals surface area contributed by atoms with Gasteiger partial charge in [-0.05, 0) is 25.8 Å². The van der Waals surface area contributed by atoms with E-state index in [1.807, 2.05) is 6.07 Å². The van der Waals surface area contributed by atoms with E-state index in [-0.39, 0.29) is 18.1 Å². The Morgan fingerprint density at radius 3 is 2.80 bits per heavy atom. The van der Waals surface area contributed by atoms with E-state index >= 15 is 0 Å². The van der Waals surface area contributed by atoms with Gasteiger partial charge in [-0.1, -0.05) is 19.3 Å². The van der Waals surface area contributed by atoms with Crippen LogP contribution >= 0.6 is 0 Å². The Kier molecular flexibility index (Phi) is 3.20. The predicted molar refractivity (Wildman–Crippen MR) is 80.1 cm³/mol. The Morgan fingerprint density at radius 1 is 1.30 bits per heavy atom. The zero-order chi connectivity index (χ0) is 14.2. The smallest absolute Gasteiger partial charge is 0.262 e. The van der Waals surface area contributed by atoms with Crippen molar-refractivity contribution in [2.75, 3.05) is 23.0 Å². The average Bonchev–Trinajstić information content (AvgIpc) is 2.41. The Bertz CT molecular complexity index is 536. The van der Waals surface area contributed by atoms with Crippen molar-refractivity contribution in [1.29, 1.82) is 0 Å². The van der Waals surface area contributed by atoms with Gasteiger partial charge < -0.3 is 21.1 Å². The molecule has 0 saturated heterocycles. The van der Waals surface area contributed by atoms with E-state index in [1.54, 1.807) is 6.07 Å². The van der Waals surface area contributed by atoms with Gasteiger partial charge in [0.25, 0.3) is 5.91 Å². The number of nitrogen functional groups attached to an aromatic ring is 1. The van der Waals surface area contributed by atoms with Crippen LogP contribution in [0.1, 0.15) is 39.0 Å². The third kappa shape index (κ3) is 2.53. The molecule has 1 heterocycles. The first-order valence-corrected chi connectivity index (χ1v) is 7.20. The molecule has 3 rings (SSSR count). The number of anilines is 3. The van der Waals surface area contributed by atoms with Gasteiger partial charge >= 0.3 is 0 Å². The molecule has 0 aromatic heterocycles. The van der Waals surface area contributed by atoms with Crippen LogP contribution in [0.2, 0.25) is 0 Å². The van der Waals surface area contributed by atoms with Crippen molar-refractivity contribution >= 4 is 23.0 Å². The molecule has 1 amide bonds. The third-order valence-electron chi connectivity index (χ3n) is 4.18. The van der Waals surface area contributed by atoms with Gasteiger partial charge in [-0.2, -0.15) is 0 Å². The van der Waals surface area contributed by atoms with E-state index in [4.69, 9.17) is 10.5 Å². The van der Waals surface area contributed by atoms with Crippen LogP contribution in [0.5, 0.6) is 5.75 Å². The van der Waals surface area contributed by atoms with Crippen LogP contribution in [0.25, 0.3) is 0 Å². The van der Waals surface area contributed by atoms with Crippen molar-refractivity contribution in [2.24, 2.45) is 0 Å². The van der Waals surface area contributed by atoms with Gasteiger partial charge in [0.2, 0.25) is 0 Å². The predicted octanol–water partition coefficient (Wildman–Crippen LogP) is 2.73. The van der Waals surface area contributed by atoms with Gasteiger partial charge in [0.15, 0.2) is 6.61 Å². The second-order valence-corrected chi connectivity index (χ2v) is 6.02.